The Hall–Kier alpha value is -2.22. The van der Waals surface area contributed by atoms with Gasteiger partial charge in [-0.15, -0.1) is 0 Å². The quantitative estimate of drug-likeness (QED) is 0.735. The second-order valence-electron chi connectivity index (χ2n) is 8.58. The molecule has 1 amide bonds. The Kier molecular flexibility index (Phi) is 6.74. The number of amides is 1. The number of carbonyl (C=O) groups excluding carboxylic acids is 1. The Morgan fingerprint density at radius 3 is 2.39 bits per heavy atom. The van der Waals surface area contributed by atoms with Crippen molar-refractivity contribution in [2.75, 3.05) is 31.5 Å². The van der Waals surface area contributed by atoms with Gasteiger partial charge in [-0.05, 0) is 81.1 Å². The van der Waals surface area contributed by atoms with Crippen molar-refractivity contribution >= 4 is 21.6 Å². The third-order valence-corrected chi connectivity index (χ3v) is 8.21. The van der Waals surface area contributed by atoms with Crippen LogP contribution in [0.5, 0.6) is 0 Å². The largest absolute Gasteiger partial charge is 0.322 e. The number of nitrogens with zero attached hydrogens (tertiary/aromatic N) is 2. The van der Waals surface area contributed by atoms with Gasteiger partial charge in [0.1, 0.15) is 0 Å². The molecule has 2 aliphatic heterocycles. The second kappa shape index (κ2) is 9.51. The molecule has 4 rings (SSSR count). The molecule has 0 spiro atoms. The fourth-order valence-electron chi connectivity index (χ4n) is 4.41. The lowest BCUT2D eigenvalue weighted by Gasteiger charge is -2.26. The molecule has 2 heterocycles. The third kappa shape index (κ3) is 5.17. The van der Waals surface area contributed by atoms with Crippen LogP contribution in [-0.2, 0) is 16.6 Å². The van der Waals surface area contributed by atoms with Crippen molar-refractivity contribution in [2.45, 2.75) is 50.5 Å². The summed E-state index contributed by atoms with van der Waals surface area (Å²) >= 11 is 0. The number of carbonyl (C=O) groups is 1. The van der Waals surface area contributed by atoms with E-state index >= 15 is 0 Å². The fourth-order valence-corrected chi connectivity index (χ4v) is 6.18. The lowest BCUT2D eigenvalue weighted by atomic mass is 10.1. The van der Waals surface area contributed by atoms with Gasteiger partial charge in [-0.25, -0.2) is 8.42 Å². The summed E-state index contributed by atoms with van der Waals surface area (Å²) in [7, 11) is -3.56. The maximum Gasteiger partial charge on any atom is 0.255 e. The van der Waals surface area contributed by atoms with Gasteiger partial charge in [0.25, 0.3) is 5.91 Å². The maximum atomic E-state index is 13.1. The second-order valence-corrected chi connectivity index (χ2v) is 10.5. The minimum absolute atomic E-state index is 0.228. The molecule has 0 radical (unpaired) electrons. The Morgan fingerprint density at radius 1 is 0.935 bits per heavy atom. The number of sulfonamides is 1. The van der Waals surface area contributed by atoms with Gasteiger partial charge >= 0.3 is 0 Å². The number of anilines is 1. The SMILES string of the molecule is Cc1ccc(NC(=O)c2cccc(CN3CCCC3)c2)cc1S(=O)(=O)N1CCCCC1. The average molecular weight is 442 g/mol. The molecule has 2 aromatic carbocycles. The minimum Gasteiger partial charge on any atom is -0.322 e. The first-order valence-electron chi connectivity index (χ1n) is 11.2. The molecule has 166 valence electrons. The van der Waals surface area contributed by atoms with E-state index in [4.69, 9.17) is 0 Å². The summed E-state index contributed by atoms with van der Waals surface area (Å²) in [5.74, 6) is -0.228. The molecule has 7 heteroatoms. The van der Waals surface area contributed by atoms with Crippen LogP contribution in [0.1, 0.15) is 53.6 Å². The Balaban J connectivity index is 1.50. The number of nitrogens with one attached hydrogen (secondary N) is 1. The molecular weight excluding hydrogens is 410 g/mol. The van der Waals surface area contributed by atoms with Crippen molar-refractivity contribution in [3.63, 3.8) is 0 Å². The van der Waals surface area contributed by atoms with E-state index in [2.05, 4.69) is 10.2 Å². The summed E-state index contributed by atoms with van der Waals surface area (Å²) < 4.78 is 27.8. The van der Waals surface area contributed by atoms with Crippen LogP contribution in [0.15, 0.2) is 47.4 Å². The molecule has 31 heavy (non-hydrogen) atoms. The highest BCUT2D eigenvalue weighted by molar-refractivity contribution is 7.89. The summed E-state index contributed by atoms with van der Waals surface area (Å²) in [6, 6.07) is 12.8. The number of aryl methyl sites for hydroxylation is 1. The van der Waals surface area contributed by atoms with E-state index in [1.165, 1.54) is 12.8 Å². The van der Waals surface area contributed by atoms with Crippen molar-refractivity contribution in [1.29, 1.82) is 0 Å². The first kappa shape index (κ1) is 22.0. The van der Waals surface area contributed by atoms with Crippen molar-refractivity contribution in [3.05, 3.63) is 59.2 Å². The van der Waals surface area contributed by atoms with Crippen molar-refractivity contribution < 1.29 is 13.2 Å². The molecular formula is C24H31N3O3S. The van der Waals surface area contributed by atoms with Crippen molar-refractivity contribution in [1.82, 2.24) is 9.21 Å². The molecule has 1 N–H and O–H groups in total. The highest BCUT2D eigenvalue weighted by Crippen LogP contribution is 2.26. The van der Waals surface area contributed by atoms with Gasteiger partial charge in [-0.3, -0.25) is 9.69 Å². The van der Waals surface area contributed by atoms with Crippen LogP contribution in [0.2, 0.25) is 0 Å². The molecule has 0 aliphatic carbocycles. The molecule has 2 saturated heterocycles. The van der Waals surface area contributed by atoms with Gasteiger partial charge in [0.05, 0.1) is 4.90 Å². The summed E-state index contributed by atoms with van der Waals surface area (Å²) in [6.07, 6.45) is 5.31. The van der Waals surface area contributed by atoms with E-state index in [0.717, 1.165) is 44.5 Å². The lowest BCUT2D eigenvalue weighted by Crippen LogP contribution is -2.36. The predicted molar refractivity (Wildman–Crippen MR) is 123 cm³/mol. The predicted octanol–water partition coefficient (Wildman–Crippen LogP) is 4.02. The number of hydrogen-bond donors (Lipinski definition) is 1. The zero-order valence-corrected chi connectivity index (χ0v) is 19.0. The van der Waals surface area contributed by atoms with E-state index < -0.39 is 10.0 Å². The zero-order chi connectivity index (χ0) is 21.8. The zero-order valence-electron chi connectivity index (χ0n) is 18.1. The average Bonchev–Trinajstić information content (AvgIpc) is 3.29. The molecule has 0 aromatic heterocycles. The summed E-state index contributed by atoms with van der Waals surface area (Å²) in [4.78, 5) is 15.5. The highest BCUT2D eigenvalue weighted by atomic mass is 32.2. The normalized spacial score (nSPS) is 18.2. The molecule has 2 aliphatic rings. The molecule has 2 fully saturated rings. The number of piperidine rings is 1. The number of rotatable bonds is 6. The summed E-state index contributed by atoms with van der Waals surface area (Å²) in [5, 5.41) is 2.89. The van der Waals surface area contributed by atoms with Gasteiger partial charge in [0.2, 0.25) is 10.0 Å². The van der Waals surface area contributed by atoms with Crippen LogP contribution in [0, 0.1) is 6.92 Å². The van der Waals surface area contributed by atoms with Crippen molar-refractivity contribution in [3.8, 4) is 0 Å². The Labute approximate surface area is 185 Å². The Bertz CT molecular complexity index is 1040. The van der Waals surface area contributed by atoms with E-state index in [9.17, 15) is 13.2 Å². The van der Waals surface area contributed by atoms with Crippen LogP contribution < -0.4 is 5.32 Å². The molecule has 0 atom stereocenters. The van der Waals surface area contributed by atoms with E-state index in [-0.39, 0.29) is 10.8 Å². The maximum absolute atomic E-state index is 13.1. The molecule has 0 saturated carbocycles. The van der Waals surface area contributed by atoms with Gasteiger partial charge < -0.3 is 5.32 Å². The van der Waals surface area contributed by atoms with Gasteiger partial charge in [0, 0.05) is 30.9 Å². The fraction of sp³-hybridized carbons (Fsp3) is 0.458. The third-order valence-electron chi connectivity index (χ3n) is 6.17. The number of hydrogen-bond acceptors (Lipinski definition) is 4. The van der Waals surface area contributed by atoms with Gasteiger partial charge in [-0.2, -0.15) is 4.31 Å². The first-order valence-corrected chi connectivity index (χ1v) is 12.6. The molecule has 2 aromatic rings. The summed E-state index contributed by atoms with van der Waals surface area (Å²) in [6.45, 7) is 5.97. The monoisotopic (exact) mass is 441 g/mol. The van der Waals surface area contributed by atoms with Crippen LogP contribution in [0.4, 0.5) is 5.69 Å². The first-order chi connectivity index (χ1) is 14.9. The van der Waals surface area contributed by atoms with E-state index in [0.29, 0.717) is 29.9 Å². The highest BCUT2D eigenvalue weighted by Gasteiger charge is 2.27. The van der Waals surface area contributed by atoms with Crippen LogP contribution >= 0.6 is 0 Å². The summed E-state index contributed by atoms with van der Waals surface area (Å²) in [5.41, 5.74) is 2.89. The Morgan fingerprint density at radius 2 is 1.65 bits per heavy atom. The number of likely N-dealkylation sites (tertiary alicyclic amines) is 1. The van der Waals surface area contributed by atoms with Crippen LogP contribution in [0.3, 0.4) is 0 Å². The standard InChI is InChI=1S/C24H31N3O3S/c1-19-10-11-22(17-23(19)31(29,30)27-14-3-2-4-15-27)25-24(28)21-9-7-8-20(16-21)18-26-12-5-6-13-26/h7-11,16-17H,2-6,12-15,18H2,1H3,(H,25,28). The minimum atomic E-state index is -3.56. The number of benzene rings is 2. The topological polar surface area (TPSA) is 69.7 Å². The van der Waals surface area contributed by atoms with Crippen molar-refractivity contribution in [2.24, 2.45) is 0 Å². The molecule has 0 bridgehead atoms. The van der Waals surface area contributed by atoms with E-state index in [1.54, 1.807) is 35.5 Å². The smallest absolute Gasteiger partial charge is 0.255 e. The van der Waals surface area contributed by atoms with Crippen LogP contribution in [-0.4, -0.2) is 49.7 Å². The molecule has 6 nitrogen and oxygen atoms in total. The molecule has 0 unspecified atom stereocenters. The lowest BCUT2D eigenvalue weighted by molar-refractivity contribution is 0.102. The van der Waals surface area contributed by atoms with Gasteiger partial charge in [-0.1, -0.05) is 24.6 Å². The van der Waals surface area contributed by atoms with Crippen LogP contribution in [0.25, 0.3) is 0 Å². The van der Waals surface area contributed by atoms with Gasteiger partial charge in [0.15, 0.2) is 0 Å². The van der Waals surface area contributed by atoms with E-state index in [1.807, 2.05) is 18.2 Å².